The molecular formula is C13H24N2O4. The maximum absolute atomic E-state index is 12.1. The minimum Gasteiger partial charge on any atom is -0.480 e. The smallest absolute Gasteiger partial charge is 0.326 e. The molecule has 2 atom stereocenters. The molecule has 1 aliphatic rings. The maximum atomic E-state index is 12.1. The van der Waals surface area contributed by atoms with Gasteiger partial charge in [0.1, 0.15) is 6.04 Å². The fourth-order valence-corrected chi connectivity index (χ4v) is 2.31. The Bertz CT molecular complexity index is 309. The summed E-state index contributed by atoms with van der Waals surface area (Å²) in [5, 5.41) is 12.0. The van der Waals surface area contributed by atoms with Crippen molar-refractivity contribution in [2.75, 3.05) is 26.8 Å². The number of carbonyl (C=O) groups is 2. The number of amides is 2. The van der Waals surface area contributed by atoms with E-state index in [9.17, 15) is 14.7 Å². The van der Waals surface area contributed by atoms with Crippen LogP contribution < -0.4 is 5.32 Å². The molecule has 1 aliphatic heterocycles. The van der Waals surface area contributed by atoms with Gasteiger partial charge >= 0.3 is 12.0 Å². The molecule has 110 valence electrons. The van der Waals surface area contributed by atoms with Crippen molar-refractivity contribution in [1.82, 2.24) is 10.2 Å². The third kappa shape index (κ3) is 5.06. The van der Waals surface area contributed by atoms with E-state index in [2.05, 4.69) is 5.32 Å². The highest BCUT2D eigenvalue weighted by molar-refractivity contribution is 5.82. The van der Waals surface area contributed by atoms with Crippen LogP contribution in [0.4, 0.5) is 4.79 Å². The van der Waals surface area contributed by atoms with Gasteiger partial charge in [-0.2, -0.15) is 0 Å². The lowest BCUT2D eigenvalue weighted by atomic mass is 10.1. The molecule has 1 rings (SSSR count). The molecule has 0 aliphatic carbocycles. The van der Waals surface area contributed by atoms with E-state index in [4.69, 9.17) is 4.74 Å². The van der Waals surface area contributed by atoms with Crippen molar-refractivity contribution in [2.24, 2.45) is 5.92 Å². The molecule has 0 aromatic carbocycles. The molecule has 0 spiro atoms. The van der Waals surface area contributed by atoms with Crippen molar-refractivity contribution in [2.45, 2.75) is 38.6 Å². The Balaban J connectivity index is 2.53. The molecule has 0 saturated carbocycles. The van der Waals surface area contributed by atoms with Crippen molar-refractivity contribution in [3.8, 4) is 0 Å². The van der Waals surface area contributed by atoms with E-state index < -0.39 is 12.0 Å². The number of urea groups is 1. The van der Waals surface area contributed by atoms with Crippen LogP contribution in [0.2, 0.25) is 0 Å². The Labute approximate surface area is 114 Å². The van der Waals surface area contributed by atoms with Gasteiger partial charge in [-0.15, -0.1) is 0 Å². The van der Waals surface area contributed by atoms with Crippen molar-refractivity contribution >= 4 is 12.0 Å². The van der Waals surface area contributed by atoms with Crippen molar-refractivity contribution in [3.05, 3.63) is 0 Å². The van der Waals surface area contributed by atoms with Crippen LogP contribution in [-0.2, 0) is 9.53 Å². The van der Waals surface area contributed by atoms with Crippen LogP contribution in [-0.4, -0.2) is 54.9 Å². The predicted molar refractivity (Wildman–Crippen MR) is 71.0 cm³/mol. The second kappa shape index (κ2) is 7.99. The molecule has 6 heteroatoms. The Morgan fingerprint density at radius 3 is 2.79 bits per heavy atom. The van der Waals surface area contributed by atoms with Crippen LogP contribution in [0.5, 0.6) is 0 Å². The van der Waals surface area contributed by atoms with E-state index in [1.807, 2.05) is 6.92 Å². The van der Waals surface area contributed by atoms with Gasteiger partial charge in [-0.25, -0.2) is 9.59 Å². The number of nitrogens with one attached hydrogen (secondary N) is 1. The summed E-state index contributed by atoms with van der Waals surface area (Å²) in [6.07, 6.45) is 3.25. The van der Waals surface area contributed by atoms with Gasteiger partial charge in [0.2, 0.25) is 0 Å². The lowest BCUT2D eigenvalue weighted by Crippen LogP contribution is -2.50. The number of rotatable bonds is 5. The highest BCUT2D eigenvalue weighted by Crippen LogP contribution is 2.17. The van der Waals surface area contributed by atoms with Crippen LogP contribution in [0.25, 0.3) is 0 Å². The fraction of sp³-hybridized carbons (Fsp3) is 0.846. The van der Waals surface area contributed by atoms with Crippen molar-refractivity contribution < 1.29 is 19.4 Å². The summed E-state index contributed by atoms with van der Waals surface area (Å²) >= 11 is 0. The van der Waals surface area contributed by atoms with E-state index in [0.29, 0.717) is 26.1 Å². The second-order valence-electron chi connectivity index (χ2n) is 5.14. The third-order valence-electron chi connectivity index (χ3n) is 3.35. The summed E-state index contributed by atoms with van der Waals surface area (Å²) in [7, 11) is 1.62. The molecule has 0 bridgehead atoms. The zero-order valence-electron chi connectivity index (χ0n) is 11.7. The second-order valence-corrected chi connectivity index (χ2v) is 5.14. The number of carboxylic acid groups (broad SMARTS) is 1. The van der Waals surface area contributed by atoms with Crippen LogP contribution in [0.3, 0.4) is 0 Å². The van der Waals surface area contributed by atoms with Crippen molar-refractivity contribution in [1.29, 1.82) is 0 Å². The highest BCUT2D eigenvalue weighted by Gasteiger charge is 2.30. The van der Waals surface area contributed by atoms with Crippen LogP contribution >= 0.6 is 0 Å². The largest absolute Gasteiger partial charge is 0.480 e. The quantitative estimate of drug-likeness (QED) is 0.791. The van der Waals surface area contributed by atoms with Crippen LogP contribution in [0.15, 0.2) is 0 Å². The Morgan fingerprint density at radius 2 is 2.16 bits per heavy atom. The SMILES string of the molecule is COCC(C)CNC(=O)N1CCCCCC1C(=O)O. The third-order valence-corrected chi connectivity index (χ3v) is 3.35. The first kappa shape index (κ1) is 15.8. The van der Waals surface area contributed by atoms with Gasteiger partial charge in [-0.05, 0) is 18.8 Å². The van der Waals surface area contributed by atoms with E-state index in [1.54, 1.807) is 7.11 Å². The lowest BCUT2D eigenvalue weighted by Gasteiger charge is -2.27. The van der Waals surface area contributed by atoms with Crippen LogP contribution in [0, 0.1) is 5.92 Å². The van der Waals surface area contributed by atoms with Gasteiger partial charge in [-0.1, -0.05) is 19.8 Å². The molecule has 0 aromatic rings. The summed E-state index contributed by atoms with van der Waals surface area (Å²) in [6.45, 7) is 3.56. The molecule has 19 heavy (non-hydrogen) atoms. The summed E-state index contributed by atoms with van der Waals surface area (Å²) in [5.74, 6) is -0.703. The monoisotopic (exact) mass is 272 g/mol. The van der Waals surface area contributed by atoms with Gasteiger partial charge in [0.15, 0.2) is 0 Å². The Hall–Kier alpha value is -1.30. The van der Waals surface area contributed by atoms with E-state index in [-0.39, 0.29) is 11.9 Å². The molecule has 1 fully saturated rings. The first-order valence-corrected chi connectivity index (χ1v) is 6.82. The highest BCUT2D eigenvalue weighted by atomic mass is 16.5. The number of methoxy groups -OCH3 is 1. The van der Waals surface area contributed by atoms with E-state index >= 15 is 0 Å². The van der Waals surface area contributed by atoms with Gasteiger partial charge in [0, 0.05) is 20.2 Å². The number of aliphatic carboxylic acids is 1. The number of carboxylic acids is 1. The normalized spacial score (nSPS) is 21.6. The molecule has 1 heterocycles. The Kier molecular flexibility index (Phi) is 6.62. The average molecular weight is 272 g/mol. The summed E-state index contributed by atoms with van der Waals surface area (Å²) in [4.78, 5) is 24.8. The first-order valence-electron chi connectivity index (χ1n) is 6.82. The maximum Gasteiger partial charge on any atom is 0.326 e. The number of nitrogens with zero attached hydrogens (tertiary/aromatic N) is 1. The van der Waals surface area contributed by atoms with Gasteiger partial charge < -0.3 is 20.1 Å². The predicted octanol–water partition coefficient (Wildman–Crippen LogP) is 1.31. The molecule has 0 aromatic heterocycles. The van der Waals surface area contributed by atoms with Gasteiger partial charge in [-0.3, -0.25) is 0 Å². The number of carbonyl (C=O) groups excluding carboxylic acids is 1. The minimum absolute atomic E-state index is 0.212. The zero-order valence-corrected chi connectivity index (χ0v) is 11.7. The first-order chi connectivity index (χ1) is 9.06. The summed E-state index contributed by atoms with van der Waals surface area (Å²) in [6, 6.07) is -0.975. The molecule has 6 nitrogen and oxygen atoms in total. The molecule has 2 amide bonds. The number of hydrogen-bond donors (Lipinski definition) is 2. The standard InChI is InChI=1S/C13H24N2O4/c1-10(9-19-2)8-14-13(18)15-7-5-3-4-6-11(15)12(16)17/h10-11H,3-9H2,1-2H3,(H,14,18)(H,16,17). The average Bonchev–Trinajstić information content (AvgIpc) is 2.61. The Morgan fingerprint density at radius 1 is 1.42 bits per heavy atom. The molecule has 2 unspecified atom stereocenters. The molecular weight excluding hydrogens is 248 g/mol. The fourth-order valence-electron chi connectivity index (χ4n) is 2.31. The topological polar surface area (TPSA) is 78.9 Å². The molecule has 0 radical (unpaired) electrons. The summed E-state index contributed by atoms with van der Waals surface area (Å²) in [5.41, 5.74) is 0. The van der Waals surface area contributed by atoms with Crippen LogP contribution in [0.1, 0.15) is 32.6 Å². The number of likely N-dealkylation sites (tertiary alicyclic amines) is 1. The summed E-state index contributed by atoms with van der Waals surface area (Å²) < 4.78 is 5.00. The van der Waals surface area contributed by atoms with E-state index in [1.165, 1.54) is 4.90 Å². The van der Waals surface area contributed by atoms with Gasteiger partial charge in [0.25, 0.3) is 0 Å². The number of ether oxygens (including phenoxy) is 1. The van der Waals surface area contributed by atoms with Crippen molar-refractivity contribution in [3.63, 3.8) is 0 Å². The van der Waals surface area contributed by atoms with E-state index in [0.717, 1.165) is 19.3 Å². The van der Waals surface area contributed by atoms with Gasteiger partial charge in [0.05, 0.1) is 6.61 Å². The number of hydrogen-bond acceptors (Lipinski definition) is 3. The zero-order chi connectivity index (χ0) is 14.3. The minimum atomic E-state index is -0.915. The molecule has 2 N–H and O–H groups in total. The molecule has 1 saturated heterocycles. The lowest BCUT2D eigenvalue weighted by molar-refractivity contribution is -0.142.